The molecule has 4 saturated carbocycles. The van der Waals surface area contributed by atoms with Gasteiger partial charge < -0.3 is 5.73 Å². The summed E-state index contributed by atoms with van der Waals surface area (Å²) in [5, 5.41) is 9.41. The molecule has 16 heavy (non-hydrogen) atoms. The average Bonchev–Trinajstić information content (AvgIpc) is 2.23. The van der Waals surface area contributed by atoms with E-state index in [1.807, 2.05) is 0 Å². The minimum atomic E-state index is 0.242. The van der Waals surface area contributed by atoms with Gasteiger partial charge in [-0.15, -0.1) is 0 Å². The molecule has 4 fully saturated rings. The van der Waals surface area contributed by atoms with Crippen molar-refractivity contribution in [3.63, 3.8) is 0 Å². The lowest BCUT2D eigenvalue weighted by molar-refractivity contribution is -0.0756. The van der Waals surface area contributed by atoms with E-state index in [0.29, 0.717) is 12.0 Å². The lowest BCUT2D eigenvalue weighted by atomic mass is 9.46. The minimum Gasteiger partial charge on any atom is -0.330 e. The Morgan fingerprint density at radius 1 is 1.12 bits per heavy atom. The van der Waals surface area contributed by atoms with Crippen LogP contribution in [-0.2, 0) is 0 Å². The molecule has 4 rings (SSSR count). The van der Waals surface area contributed by atoms with E-state index in [0.717, 1.165) is 24.2 Å². The lowest BCUT2D eigenvalue weighted by Gasteiger charge is -2.58. The van der Waals surface area contributed by atoms with Gasteiger partial charge in [0.15, 0.2) is 0 Å². The molecule has 2 heteroatoms. The SMILES string of the molecule is N#CC(CCN)C12CC3CC(CC(C3)C1)C2. The van der Waals surface area contributed by atoms with Crippen molar-refractivity contribution in [2.24, 2.45) is 34.8 Å². The van der Waals surface area contributed by atoms with Crippen molar-refractivity contribution in [3.8, 4) is 6.07 Å². The Hall–Kier alpha value is -0.550. The number of hydrogen-bond acceptors (Lipinski definition) is 2. The zero-order valence-electron chi connectivity index (χ0n) is 9.99. The van der Waals surface area contributed by atoms with Gasteiger partial charge in [0.1, 0.15) is 0 Å². The molecule has 1 atom stereocenters. The third kappa shape index (κ3) is 1.49. The Kier molecular flexibility index (Phi) is 2.47. The Morgan fingerprint density at radius 3 is 2.00 bits per heavy atom. The predicted octanol–water partition coefficient (Wildman–Crippen LogP) is 2.69. The fraction of sp³-hybridized carbons (Fsp3) is 0.929. The molecule has 0 aliphatic heterocycles. The number of nitrogens with zero attached hydrogens (tertiary/aromatic N) is 1. The van der Waals surface area contributed by atoms with Gasteiger partial charge >= 0.3 is 0 Å². The zero-order chi connectivity index (χ0) is 11.2. The molecule has 0 radical (unpaired) electrons. The molecule has 0 aromatic carbocycles. The first kappa shape index (κ1) is 10.6. The second-order valence-electron chi connectivity index (χ2n) is 6.54. The number of nitriles is 1. The van der Waals surface area contributed by atoms with Crippen LogP contribution < -0.4 is 5.73 Å². The van der Waals surface area contributed by atoms with Crippen LogP contribution in [0.4, 0.5) is 0 Å². The van der Waals surface area contributed by atoms with Crippen LogP contribution in [0.2, 0.25) is 0 Å². The quantitative estimate of drug-likeness (QED) is 0.791. The van der Waals surface area contributed by atoms with Gasteiger partial charge in [0, 0.05) is 0 Å². The van der Waals surface area contributed by atoms with Crippen molar-refractivity contribution in [2.75, 3.05) is 6.54 Å². The molecule has 0 aromatic heterocycles. The summed E-state index contributed by atoms with van der Waals surface area (Å²) in [7, 11) is 0. The zero-order valence-corrected chi connectivity index (χ0v) is 9.99. The molecule has 4 aliphatic carbocycles. The van der Waals surface area contributed by atoms with E-state index in [1.165, 1.54) is 38.5 Å². The molecule has 0 aromatic rings. The highest BCUT2D eigenvalue weighted by Crippen LogP contribution is 2.63. The van der Waals surface area contributed by atoms with Gasteiger partial charge in [-0.05, 0) is 74.7 Å². The van der Waals surface area contributed by atoms with Gasteiger partial charge in [-0.2, -0.15) is 5.26 Å². The van der Waals surface area contributed by atoms with Gasteiger partial charge in [0.05, 0.1) is 12.0 Å². The van der Waals surface area contributed by atoms with Crippen LogP contribution in [0.5, 0.6) is 0 Å². The Balaban J connectivity index is 1.85. The first-order chi connectivity index (χ1) is 7.75. The normalized spacial score (nSPS) is 46.6. The third-order valence-corrected chi connectivity index (χ3v) is 5.44. The van der Waals surface area contributed by atoms with Crippen LogP contribution in [0.3, 0.4) is 0 Å². The number of hydrogen-bond donors (Lipinski definition) is 1. The van der Waals surface area contributed by atoms with Crippen LogP contribution in [-0.4, -0.2) is 6.54 Å². The molecular weight excluding hydrogens is 196 g/mol. The maximum Gasteiger partial charge on any atom is 0.0662 e. The summed E-state index contributed by atoms with van der Waals surface area (Å²) in [6, 6.07) is 2.58. The van der Waals surface area contributed by atoms with E-state index >= 15 is 0 Å². The van der Waals surface area contributed by atoms with E-state index in [-0.39, 0.29) is 5.92 Å². The summed E-state index contributed by atoms with van der Waals surface area (Å²) >= 11 is 0. The van der Waals surface area contributed by atoms with E-state index in [4.69, 9.17) is 5.73 Å². The standard InChI is InChI=1S/C14H22N2/c15-2-1-13(9-16)14-6-10-3-11(7-14)5-12(4-10)8-14/h10-13H,1-8,15H2. The van der Waals surface area contributed by atoms with Crippen LogP contribution in [0.15, 0.2) is 0 Å². The van der Waals surface area contributed by atoms with Crippen LogP contribution in [0.25, 0.3) is 0 Å². The van der Waals surface area contributed by atoms with Crippen molar-refractivity contribution in [3.05, 3.63) is 0 Å². The monoisotopic (exact) mass is 218 g/mol. The maximum atomic E-state index is 9.41. The highest BCUT2D eigenvalue weighted by Gasteiger charge is 2.53. The molecule has 0 amide bonds. The topological polar surface area (TPSA) is 49.8 Å². The Bertz CT molecular complexity index is 280. The molecule has 0 saturated heterocycles. The molecule has 2 nitrogen and oxygen atoms in total. The molecule has 4 bridgehead atoms. The summed E-state index contributed by atoms with van der Waals surface area (Å²) in [4.78, 5) is 0. The third-order valence-electron chi connectivity index (χ3n) is 5.44. The summed E-state index contributed by atoms with van der Waals surface area (Å²) in [6.45, 7) is 0.681. The number of rotatable bonds is 3. The largest absolute Gasteiger partial charge is 0.330 e. The van der Waals surface area contributed by atoms with E-state index in [1.54, 1.807) is 0 Å². The van der Waals surface area contributed by atoms with Gasteiger partial charge in [-0.25, -0.2) is 0 Å². The fourth-order valence-electron chi connectivity index (χ4n) is 5.28. The van der Waals surface area contributed by atoms with E-state index in [2.05, 4.69) is 6.07 Å². The van der Waals surface area contributed by atoms with Gasteiger partial charge in [0.25, 0.3) is 0 Å². The lowest BCUT2D eigenvalue weighted by Crippen LogP contribution is -2.49. The second-order valence-corrected chi connectivity index (χ2v) is 6.54. The smallest absolute Gasteiger partial charge is 0.0662 e. The fourth-order valence-corrected chi connectivity index (χ4v) is 5.28. The summed E-state index contributed by atoms with van der Waals surface area (Å²) in [6.07, 6.45) is 9.29. The molecule has 2 N–H and O–H groups in total. The molecule has 1 unspecified atom stereocenters. The van der Waals surface area contributed by atoms with Crippen molar-refractivity contribution < 1.29 is 0 Å². The predicted molar refractivity (Wildman–Crippen MR) is 63.4 cm³/mol. The first-order valence-electron chi connectivity index (χ1n) is 6.85. The molecular formula is C14H22N2. The van der Waals surface area contributed by atoms with E-state index < -0.39 is 0 Å². The van der Waals surface area contributed by atoms with Crippen molar-refractivity contribution in [1.82, 2.24) is 0 Å². The van der Waals surface area contributed by atoms with E-state index in [9.17, 15) is 5.26 Å². The van der Waals surface area contributed by atoms with Crippen molar-refractivity contribution in [1.29, 1.82) is 5.26 Å². The molecule has 0 spiro atoms. The second kappa shape index (κ2) is 3.74. The van der Waals surface area contributed by atoms with Gasteiger partial charge in [-0.3, -0.25) is 0 Å². The summed E-state index contributed by atoms with van der Waals surface area (Å²) in [5.74, 6) is 3.07. The van der Waals surface area contributed by atoms with Gasteiger partial charge in [0.2, 0.25) is 0 Å². The van der Waals surface area contributed by atoms with Crippen LogP contribution >= 0.6 is 0 Å². The van der Waals surface area contributed by atoms with Crippen molar-refractivity contribution in [2.45, 2.75) is 44.9 Å². The molecule has 4 aliphatic rings. The highest BCUT2D eigenvalue weighted by molar-refractivity contribution is 5.08. The highest BCUT2D eigenvalue weighted by atomic mass is 14.6. The Morgan fingerprint density at radius 2 is 1.62 bits per heavy atom. The maximum absolute atomic E-state index is 9.41. The van der Waals surface area contributed by atoms with Gasteiger partial charge in [-0.1, -0.05) is 0 Å². The molecule has 88 valence electrons. The number of nitrogens with two attached hydrogens (primary N) is 1. The average molecular weight is 218 g/mol. The van der Waals surface area contributed by atoms with Crippen LogP contribution in [0, 0.1) is 40.4 Å². The summed E-state index contributed by atoms with van der Waals surface area (Å²) < 4.78 is 0. The molecule has 0 heterocycles. The summed E-state index contributed by atoms with van der Waals surface area (Å²) in [5.41, 5.74) is 6.05. The van der Waals surface area contributed by atoms with Crippen molar-refractivity contribution >= 4 is 0 Å². The first-order valence-corrected chi connectivity index (χ1v) is 6.85. The Labute approximate surface area is 98.2 Å². The minimum absolute atomic E-state index is 0.242. The van der Waals surface area contributed by atoms with Crippen LogP contribution in [0.1, 0.15) is 44.9 Å².